The Morgan fingerprint density at radius 3 is 2.72 bits per heavy atom. The number of nitrogens with zero attached hydrogens (tertiary/aromatic N) is 2. The smallest absolute Gasteiger partial charge is 0.328 e. The highest BCUT2D eigenvalue weighted by Gasteiger charge is 2.43. The Balaban J connectivity index is 1.89. The summed E-state index contributed by atoms with van der Waals surface area (Å²) in [5.74, 6) is -1.15. The van der Waals surface area contributed by atoms with Crippen LogP contribution in [0.2, 0.25) is 0 Å². The minimum Gasteiger partial charge on any atom is -0.365 e. The van der Waals surface area contributed by atoms with Gasteiger partial charge in [0, 0.05) is 17.5 Å². The Labute approximate surface area is 172 Å². The van der Waals surface area contributed by atoms with Crippen molar-refractivity contribution in [2.45, 2.75) is 52.0 Å². The number of carbonyl (C=O) groups is 2. The Kier molecular flexibility index (Phi) is 5.83. The summed E-state index contributed by atoms with van der Waals surface area (Å²) in [5, 5.41) is 7.09. The summed E-state index contributed by atoms with van der Waals surface area (Å²) < 4.78 is 12.1. The summed E-state index contributed by atoms with van der Waals surface area (Å²) in [5.41, 5.74) is 5.67. The second kappa shape index (κ2) is 7.75. The highest BCUT2D eigenvalue weighted by Crippen LogP contribution is 2.48. The van der Waals surface area contributed by atoms with E-state index in [9.17, 15) is 9.59 Å². The van der Waals surface area contributed by atoms with Crippen LogP contribution in [0.15, 0.2) is 12.3 Å². The fourth-order valence-electron chi connectivity index (χ4n) is 3.50. The van der Waals surface area contributed by atoms with Crippen molar-refractivity contribution in [1.29, 1.82) is 0 Å². The molecule has 5 N–H and O–H groups in total. The monoisotopic (exact) mass is 442 g/mol. The molecule has 10 nitrogen and oxygen atoms in total. The predicted molar refractivity (Wildman–Crippen MR) is 107 cm³/mol. The van der Waals surface area contributed by atoms with Crippen molar-refractivity contribution in [3.8, 4) is 0 Å². The molecule has 0 spiro atoms. The maximum atomic E-state index is 12.6. The summed E-state index contributed by atoms with van der Waals surface area (Å²) in [6.45, 7) is 7.50. The molecule has 0 radical (unpaired) electrons. The molecule has 12 heteroatoms. The van der Waals surface area contributed by atoms with E-state index in [-0.39, 0.29) is 18.0 Å². The standard InChI is InChI=1S/C17H23N4O6PS/c1-16(2)7-9-11(13(18)22)15(29-12(9)17(3,4)27-16)19-14(23)10-5-6-21(20-10)8-26-28(24)25/h5-6,24-25H,7-8H2,1-4H3,(H2,18,22)(H,19,23). The summed E-state index contributed by atoms with van der Waals surface area (Å²) in [4.78, 5) is 43.3. The van der Waals surface area contributed by atoms with E-state index in [1.54, 1.807) is 0 Å². The van der Waals surface area contributed by atoms with E-state index in [1.165, 1.54) is 28.3 Å². The Hall–Kier alpha value is -1.88. The van der Waals surface area contributed by atoms with Crippen LogP contribution in [0.3, 0.4) is 0 Å². The van der Waals surface area contributed by atoms with Crippen LogP contribution in [0.1, 0.15) is 59.0 Å². The zero-order chi connectivity index (χ0) is 21.6. The molecule has 29 heavy (non-hydrogen) atoms. The highest BCUT2D eigenvalue weighted by atomic mass is 32.1. The molecule has 158 valence electrons. The summed E-state index contributed by atoms with van der Waals surface area (Å²) in [7, 11) is -2.52. The molecule has 0 saturated heterocycles. The van der Waals surface area contributed by atoms with Gasteiger partial charge < -0.3 is 25.6 Å². The Morgan fingerprint density at radius 1 is 1.41 bits per heavy atom. The first-order valence-corrected chi connectivity index (χ1v) is 10.7. The summed E-state index contributed by atoms with van der Waals surface area (Å²) >= 11 is 1.26. The molecule has 2 aromatic rings. The van der Waals surface area contributed by atoms with Crippen LogP contribution in [-0.4, -0.2) is 37.0 Å². The Bertz CT molecular complexity index is 952. The SMILES string of the molecule is CC1(C)Cc2c(sc(NC(=O)c3ccn(COP(O)O)n3)c2C(N)=O)C(C)(C)O1. The van der Waals surface area contributed by atoms with Gasteiger partial charge in [-0.2, -0.15) is 5.10 Å². The third-order valence-electron chi connectivity index (χ3n) is 4.34. The van der Waals surface area contributed by atoms with Gasteiger partial charge in [0.2, 0.25) is 0 Å². The van der Waals surface area contributed by atoms with Crippen LogP contribution in [0.5, 0.6) is 0 Å². The highest BCUT2D eigenvalue weighted by molar-refractivity contribution is 7.39. The second-order valence-electron chi connectivity index (χ2n) is 7.73. The molecular weight excluding hydrogens is 419 g/mol. The minimum atomic E-state index is -2.52. The zero-order valence-electron chi connectivity index (χ0n) is 16.4. The molecular formula is C17H23N4O6PS. The van der Waals surface area contributed by atoms with E-state index in [0.29, 0.717) is 11.4 Å². The molecule has 3 rings (SSSR count). The van der Waals surface area contributed by atoms with Crippen LogP contribution in [-0.2, 0) is 28.0 Å². The van der Waals surface area contributed by atoms with Gasteiger partial charge in [0.15, 0.2) is 5.69 Å². The van der Waals surface area contributed by atoms with Crippen LogP contribution < -0.4 is 11.1 Å². The van der Waals surface area contributed by atoms with E-state index >= 15 is 0 Å². The van der Waals surface area contributed by atoms with Crippen LogP contribution in [0, 0.1) is 0 Å². The number of fused-ring (bicyclic) bond motifs is 1. The number of carbonyl (C=O) groups excluding carboxylic acids is 2. The molecule has 3 heterocycles. The number of nitrogens with two attached hydrogens (primary N) is 1. The first-order chi connectivity index (χ1) is 13.4. The average molecular weight is 442 g/mol. The van der Waals surface area contributed by atoms with Crippen LogP contribution in [0.4, 0.5) is 5.00 Å². The van der Waals surface area contributed by atoms with Crippen molar-refractivity contribution in [1.82, 2.24) is 9.78 Å². The van der Waals surface area contributed by atoms with E-state index in [0.717, 1.165) is 10.4 Å². The number of thiophene rings is 1. The molecule has 0 unspecified atom stereocenters. The molecule has 0 saturated carbocycles. The van der Waals surface area contributed by atoms with Crippen molar-refractivity contribution in [2.75, 3.05) is 5.32 Å². The second-order valence-corrected chi connectivity index (χ2v) is 9.52. The van der Waals surface area contributed by atoms with Crippen molar-refractivity contribution in [2.24, 2.45) is 5.73 Å². The molecule has 2 amide bonds. The van der Waals surface area contributed by atoms with Gasteiger partial charge in [0.25, 0.3) is 11.8 Å². The minimum absolute atomic E-state index is 0.0754. The van der Waals surface area contributed by atoms with Gasteiger partial charge in [-0.25, -0.2) is 4.68 Å². The van der Waals surface area contributed by atoms with Crippen LogP contribution in [0.25, 0.3) is 0 Å². The van der Waals surface area contributed by atoms with E-state index < -0.39 is 31.6 Å². The topological polar surface area (TPSA) is 149 Å². The molecule has 0 aromatic carbocycles. The molecule has 0 aliphatic carbocycles. The van der Waals surface area contributed by atoms with E-state index in [1.807, 2.05) is 27.7 Å². The van der Waals surface area contributed by atoms with Crippen LogP contribution >= 0.6 is 19.9 Å². The summed E-state index contributed by atoms with van der Waals surface area (Å²) in [6.07, 6.45) is 1.95. The molecule has 0 fully saturated rings. The lowest BCUT2D eigenvalue weighted by Crippen LogP contribution is -2.42. The van der Waals surface area contributed by atoms with E-state index in [4.69, 9.17) is 20.3 Å². The number of ether oxygens (including phenoxy) is 1. The maximum Gasteiger partial charge on any atom is 0.328 e. The predicted octanol–water partition coefficient (Wildman–Crippen LogP) is 2.07. The fourth-order valence-corrected chi connectivity index (χ4v) is 4.98. The third kappa shape index (κ3) is 4.66. The first-order valence-electron chi connectivity index (χ1n) is 8.71. The molecule has 1 aliphatic heterocycles. The van der Waals surface area contributed by atoms with Gasteiger partial charge in [-0.05, 0) is 39.3 Å². The van der Waals surface area contributed by atoms with Crippen molar-refractivity contribution >= 4 is 36.8 Å². The number of aromatic nitrogens is 2. The largest absolute Gasteiger partial charge is 0.365 e. The molecule has 0 bridgehead atoms. The van der Waals surface area contributed by atoms with Gasteiger partial charge in [-0.1, -0.05) is 0 Å². The first kappa shape index (κ1) is 21.8. The lowest BCUT2D eigenvalue weighted by Gasteiger charge is -2.41. The number of nitrogens with one attached hydrogen (secondary N) is 1. The van der Waals surface area contributed by atoms with Crippen molar-refractivity contribution < 1.29 is 28.6 Å². The average Bonchev–Trinajstić information content (AvgIpc) is 3.16. The van der Waals surface area contributed by atoms with Crippen molar-refractivity contribution in [3.05, 3.63) is 34.0 Å². The number of anilines is 1. The van der Waals surface area contributed by atoms with Gasteiger partial charge in [-0.3, -0.25) is 14.1 Å². The number of hydrogen-bond acceptors (Lipinski definition) is 8. The quantitative estimate of drug-likeness (QED) is 0.500. The molecule has 0 atom stereocenters. The lowest BCUT2D eigenvalue weighted by molar-refractivity contribution is -0.135. The zero-order valence-corrected chi connectivity index (χ0v) is 18.1. The summed E-state index contributed by atoms with van der Waals surface area (Å²) in [6, 6.07) is 1.45. The third-order valence-corrected chi connectivity index (χ3v) is 6.14. The Morgan fingerprint density at radius 2 is 2.10 bits per heavy atom. The number of hydrogen-bond donors (Lipinski definition) is 4. The van der Waals surface area contributed by atoms with E-state index in [2.05, 4.69) is 14.9 Å². The molecule has 1 aliphatic rings. The molecule has 2 aromatic heterocycles. The van der Waals surface area contributed by atoms with Gasteiger partial charge in [-0.15, -0.1) is 11.3 Å². The van der Waals surface area contributed by atoms with Crippen molar-refractivity contribution in [3.63, 3.8) is 0 Å². The fraction of sp³-hybridized carbons (Fsp3) is 0.471. The van der Waals surface area contributed by atoms with Gasteiger partial charge >= 0.3 is 8.60 Å². The number of primary amides is 1. The van der Waals surface area contributed by atoms with Gasteiger partial charge in [0.1, 0.15) is 11.7 Å². The lowest BCUT2D eigenvalue weighted by atomic mass is 9.86. The maximum absolute atomic E-state index is 12.6. The number of amides is 2. The normalized spacial score (nSPS) is 17.2. The van der Waals surface area contributed by atoms with Gasteiger partial charge in [0.05, 0.1) is 16.8 Å². The number of rotatable bonds is 6.